The lowest BCUT2D eigenvalue weighted by atomic mass is 10.1. The van der Waals surface area contributed by atoms with Gasteiger partial charge >= 0.3 is 0 Å². The Morgan fingerprint density at radius 2 is 1.65 bits per heavy atom. The zero-order valence-corrected chi connectivity index (χ0v) is 10.8. The molecule has 94 valence electrons. The molecule has 0 heterocycles. The van der Waals surface area contributed by atoms with Crippen LogP contribution in [-0.2, 0) is 11.2 Å². The van der Waals surface area contributed by atoms with Crippen molar-refractivity contribution in [2.24, 2.45) is 0 Å². The third-order valence-corrected chi connectivity index (χ3v) is 2.67. The minimum absolute atomic E-state index is 0.207. The fraction of sp³-hybridized carbons (Fsp3) is 0.500. The quantitative estimate of drug-likeness (QED) is 0.768. The molecule has 17 heavy (non-hydrogen) atoms. The van der Waals surface area contributed by atoms with Crippen LogP contribution in [0.15, 0.2) is 24.3 Å². The number of nitrogens with two attached hydrogens (primary N) is 1. The molecule has 1 aromatic rings. The van der Waals surface area contributed by atoms with E-state index >= 15 is 0 Å². The van der Waals surface area contributed by atoms with E-state index in [-0.39, 0.29) is 5.91 Å². The van der Waals surface area contributed by atoms with Crippen LogP contribution < -0.4 is 5.73 Å². The summed E-state index contributed by atoms with van der Waals surface area (Å²) in [6, 6.07) is 7.52. The zero-order valence-electron chi connectivity index (χ0n) is 10.8. The van der Waals surface area contributed by atoms with Crippen LogP contribution in [-0.4, -0.2) is 23.9 Å². The van der Waals surface area contributed by atoms with Crippen LogP contribution in [0, 0.1) is 0 Å². The van der Waals surface area contributed by atoms with Crippen LogP contribution in [0.1, 0.15) is 32.3 Å². The van der Waals surface area contributed by atoms with Gasteiger partial charge in [-0.25, -0.2) is 0 Å². The van der Waals surface area contributed by atoms with Gasteiger partial charge in [0.2, 0.25) is 5.91 Å². The van der Waals surface area contributed by atoms with Crippen molar-refractivity contribution in [1.82, 2.24) is 4.90 Å². The van der Waals surface area contributed by atoms with Gasteiger partial charge in [0.25, 0.3) is 0 Å². The highest BCUT2D eigenvalue weighted by Crippen LogP contribution is 2.08. The summed E-state index contributed by atoms with van der Waals surface area (Å²) in [4.78, 5) is 14.0. The molecule has 1 amide bonds. The molecule has 0 aromatic heterocycles. The molecule has 3 heteroatoms. The minimum Gasteiger partial charge on any atom is -0.399 e. The van der Waals surface area contributed by atoms with Gasteiger partial charge in [0, 0.05) is 18.8 Å². The molecule has 0 saturated carbocycles. The number of benzene rings is 1. The van der Waals surface area contributed by atoms with Gasteiger partial charge < -0.3 is 10.6 Å². The Kier molecular flexibility index (Phi) is 5.53. The van der Waals surface area contributed by atoms with E-state index in [0.717, 1.165) is 37.2 Å². The molecule has 0 fully saturated rings. The Balaban J connectivity index is 2.59. The number of nitrogens with zero attached hydrogens (tertiary/aromatic N) is 1. The molecule has 0 bridgehead atoms. The van der Waals surface area contributed by atoms with Crippen molar-refractivity contribution in [3.05, 3.63) is 29.8 Å². The first-order valence-electron chi connectivity index (χ1n) is 6.29. The number of hydrogen-bond acceptors (Lipinski definition) is 2. The lowest BCUT2D eigenvalue weighted by Crippen LogP contribution is -2.33. The van der Waals surface area contributed by atoms with Gasteiger partial charge in [-0.05, 0) is 30.5 Å². The highest BCUT2D eigenvalue weighted by atomic mass is 16.2. The molecule has 0 aliphatic carbocycles. The van der Waals surface area contributed by atoms with E-state index in [1.165, 1.54) is 0 Å². The third kappa shape index (κ3) is 4.47. The number of carbonyl (C=O) groups excluding carboxylic acids is 1. The molecule has 3 nitrogen and oxygen atoms in total. The van der Waals surface area contributed by atoms with Crippen molar-refractivity contribution in [2.45, 2.75) is 33.1 Å². The number of amides is 1. The van der Waals surface area contributed by atoms with Crippen LogP contribution in [0.4, 0.5) is 5.69 Å². The van der Waals surface area contributed by atoms with Gasteiger partial charge in [-0.3, -0.25) is 4.79 Å². The Bertz CT molecular complexity index is 340. The molecule has 0 atom stereocenters. The summed E-state index contributed by atoms with van der Waals surface area (Å²) in [6.45, 7) is 5.89. The fourth-order valence-electron chi connectivity index (χ4n) is 1.82. The van der Waals surface area contributed by atoms with Crippen molar-refractivity contribution in [1.29, 1.82) is 0 Å². The van der Waals surface area contributed by atoms with Crippen molar-refractivity contribution in [3.63, 3.8) is 0 Å². The van der Waals surface area contributed by atoms with Gasteiger partial charge in [0.15, 0.2) is 0 Å². The van der Waals surface area contributed by atoms with Crippen LogP contribution in [0.3, 0.4) is 0 Å². The first-order valence-corrected chi connectivity index (χ1v) is 6.29. The van der Waals surface area contributed by atoms with Gasteiger partial charge in [-0.2, -0.15) is 0 Å². The van der Waals surface area contributed by atoms with Crippen molar-refractivity contribution in [2.75, 3.05) is 18.8 Å². The van der Waals surface area contributed by atoms with E-state index in [9.17, 15) is 4.79 Å². The number of nitrogen functional groups attached to an aromatic ring is 1. The van der Waals surface area contributed by atoms with E-state index in [0.29, 0.717) is 6.42 Å². The van der Waals surface area contributed by atoms with E-state index in [1.54, 1.807) is 0 Å². The average molecular weight is 234 g/mol. The van der Waals surface area contributed by atoms with Crippen LogP contribution in [0.25, 0.3) is 0 Å². The average Bonchev–Trinajstić information content (AvgIpc) is 2.32. The van der Waals surface area contributed by atoms with Gasteiger partial charge in [0.05, 0.1) is 6.42 Å². The summed E-state index contributed by atoms with van der Waals surface area (Å²) in [5.74, 6) is 0.207. The largest absolute Gasteiger partial charge is 0.399 e. The standard InChI is InChI=1S/C14H22N2O/c1-3-9-16(10-4-2)14(17)11-12-5-7-13(15)8-6-12/h5-8H,3-4,9-11,15H2,1-2H3. The van der Waals surface area contributed by atoms with E-state index < -0.39 is 0 Å². The summed E-state index contributed by atoms with van der Waals surface area (Å²) in [5.41, 5.74) is 7.38. The third-order valence-electron chi connectivity index (χ3n) is 2.67. The number of hydrogen-bond donors (Lipinski definition) is 1. The van der Waals surface area contributed by atoms with Gasteiger partial charge in [0.1, 0.15) is 0 Å². The number of rotatable bonds is 6. The highest BCUT2D eigenvalue weighted by molar-refractivity contribution is 5.78. The molecule has 0 aliphatic heterocycles. The maximum absolute atomic E-state index is 12.1. The first kappa shape index (κ1) is 13.6. The molecule has 0 radical (unpaired) electrons. The normalized spacial score (nSPS) is 10.2. The van der Waals surface area contributed by atoms with Crippen LogP contribution in [0.2, 0.25) is 0 Å². The summed E-state index contributed by atoms with van der Waals surface area (Å²) in [5, 5.41) is 0. The molecule has 2 N–H and O–H groups in total. The second kappa shape index (κ2) is 6.94. The number of carbonyl (C=O) groups is 1. The molecule has 1 rings (SSSR count). The van der Waals surface area contributed by atoms with Crippen molar-refractivity contribution >= 4 is 11.6 Å². The Hall–Kier alpha value is -1.51. The predicted octanol–water partition coefficient (Wildman–Crippen LogP) is 2.46. The highest BCUT2D eigenvalue weighted by Gasteiger charge is 2.11. The van der Waals surface area contributed by atoms with Crippen LogP contribution >= 0.6 is 0 Å². The summed E-state index contributed by atoms with van der Waals surface area (Å²) >= 11 is 0. The van der Waals surface area contributed by atoms with E-state index in [4.69, 9.17) is 5.73 Å². The topological polar surface area (TPSA) is 46.3 Å². The second-order valence-corrected chi connectivity index (χ2v) is 4.30. The predicted molar refractivity (Wildman–Crippen MR) is 71.7 cm³/mol. The van der Waals surface area contributed by atoms with Crippen molar-refractivity contribution < 1.29 is 4.79 Å². The Morgan fingerprint density at radius 3 is 2.12 bits per heavy atom. The lowest BCUT2D eigenvalue weighted by Gasteiger charge is -2.21. The molecule has 0 spiro atoms. The fourth-order valence-corrected chi connectivity index (χ4v) is 1.82. The molecule has 0 aliphatic rings. The molecule has 0 saturated heterocycles. The zero-order chi connectivity index (χ0) is 12.7. The van der Waals surface area contributed by atoms with E-state index in [1.807, 2.05) is 29.2 Å². The molecular formula is C14H22N2O. The molecular weight excluding hydrogens is 212 g/mol. The molecule has 1 aromatic carbocycles. The van der Waals surface area contributed by atoms with Gasteiger partial charge in [-0.1, -0.05) is 26.0 Å². The smallest absolute Gasteiger partial charge is 0.226 e. The van der Waals surface area contributed by atoms with Gasteiger partial charge in [-0.15, -0.1) is 0 Å². The molecule has 0 unspecified atom stereocenters. The summed E-state index contributed by atoms with van der Waals surface area (Å²) in [7, 11) is 0. The number of anilines is 1. The van der Waals surface area contributed by atoms with Crippen LogP contribution in [0.5, 0.6) is 0 Å². The maximum Gasteiger partial charge on any atom is 0.226 e. The lowest BCUT2D eigenvalue weighted by molar-refractivity contribution is -0.130. The SMILES string of the molecule is CCCN(CCC)C(=O)Cc1ccc(N)cc1. The second-order valence-electron chi connectivity index (χ2n) is 4.30. The summed E-state index contributed by atoms with van der Waals surface area (Å²) in [6.07, 6.45) is 2.49. The Labute approximate surface area is 104 Å². The monoisotopic (exact) mass is 234 g/mol. The Morgan fingerprint density at radius 1 is 1.12 bits per heavy atom. The summed E-state index contributed by atoms with van der Waals surface area (Å²) < 4.78 is 0. The van der Waals surface area contributed by atoms with E-state index in [2.05, 4.69) is 13.8 Å². The minimum atomic E-state index is 0.207. The van der Waals surface area contributed by atoms with Crippen molar-refractivity contribution in [3.8, 4) is 0 Å². The first-order chi connectivity index (χ1) is 8.17. The maximum atomic E-state index is 12.1.